The van der Waals surface area contributed by atoms with Crippen LogP contribution in [0.4, 0.5) is 0 Å². The van der Waals surface area contributed by atoms with Crippen molar-refractivity contribution in [2.75, 3.05) is 13.7 Å². The van der Waals surface area contributed by atoms with Crippen molar-refractivity contribution < 1.29 is 19.1 Å². The van der Waals surface area contributed by atoms with Crippen LogP contribution in [0, 0.1) is 6.92 Å². The van der Waals surface area contributed by atoms with Crippen molar-refractivity contribution in [2.24, 2.45) is 0 Å². The van der Waals surface area contributed by atoms with Gasteiger partial charge in [-0.1, -0.05) is 0 Å². The van der Waals surface area contributed by atoms with Crippen LogP contribution in [-0.2, 0) is 11.4 Å². The molecule has 0 bridgehead atoms. The van der Waals surface area contributed by atoms with Crippen LogP contribution in [-0.4, -0.2) is 34.6 Å². The van der Waals surface area contributed by atoms with Gasteiger partial charge in [0.15, 0.2) is 0 Å². The largest absolute Gasteiger partial charge is 0.495 e. The highest BCUT2D eigenvalue weighted by molar-refractivity contribution is 5.91. The molecule has 0 spiro atoms. The van der Waals surface area contributed by atoms with Crippen molar-refractivity contribution >= 4 is 5.91 Å². The van der Waals surface area contributed by atoms with Crippen molar-refractivity contribution in [2.45, 2.75) is 20.5 Å². The molecule has 0 fully saturated rings. The third-order valence-electron chi connectivity index (χ3n) is 4.12. The summed E-state index contributed by atoms with van der Waals surface area (Å²) in [6, 6.07) is 9.24. The lowest BCUT2D eigenvalue weighted by Crippen LogP contribution is -2.25. The maximum atomic E-state index is 12.4. The van der Waals surface area contributed by atoms with E-state index in [0.29, 0.717) is 18.1 Å². The van der Waals surface area contributed by atoms with Gasteiger partial charge in [-0.25, -0.2) is 10.5 Å². The predicted molar refractivity (Wildman–Crippen MR) is 106 cm³/mol. The molecule has 0 atom stereocenters. The fourth-order valence-corrected chi connectivity index (χ4v) is 2.55. The van der Waals surface area contributed by atoms with Crippen LogP contribution in [0.1, 0.15) is 28.7 Å². The minimum Gasteiger partial charge on any atom is -0.495 e. The molecule has 8 nitrogen and oxygen atoms in total. The minimum absolute atomic E-state index is 0.147. The fourth-order valence-electron chi connectivity index (χ4n) is 2.55. The normalized spacial score (nSPS) is 10.4. The average molecular weight is 394 g/mol. The van der Waals surface area contributed by atoms with E-state index in [1.54, 1.807) is 25.6 Å². The maximum Gasteiger partial charge on any atom is 0.295 e. The third kappa shape index (κ3) is 5.26. The number of hydroxylamine groups is 1. The Balaban J connectivity index is 1.63. The maximum absolute atomic E-state index is 12.4. The van der Waals surface area contributed by atoms with E-state index in [1.165, 1.54) is 6.20 Å². The zero-order chi connectivity index (χ0) is 20.6. The van der Waals surface area contributed by atoms with Gasteiger partial charge in [-0.05, 0) is 44.2 Å². The summed E-state index contributed by atoms with van der Waals surface area (Å²) in [5, 5.41) is 0. The van der Waals surface area contributed by atoms with Crippen LogP contribution in [0.5, 0.6) is 11.5 Å². The van der Waals surface area contributed by atoms with Gasteiger partial charge in [0.2, 0.25) is 0 Å². The van der Waals surface area contributed by atoms with Gasteiger partial charge in [-0.2, -0.15) is 0 Å². The SMILES string of the molecule is CCOc1ccc(-c2cncc(C(=O)NOCc3cc(OC)cnc3C)n2)cc1. The molecule has 1 aromatic carbocycles. The number of nitrogens with one attached hydrogen (secondary N) is 1. The van der Waals surface area contributed by atoms with Crippen LogP contribution < -0.4 is 15.0 Å². The van der Waals surface area contributed by atoms with E-state index < -0.39 is 5.91 Å². The molecule has 3 rings (SSSR count). The molecular formula is C21H22N4O4. The molecule has 2 heterocycles. The summed E-state index contributed by atoms with van der Waals surface area (Å²) >= 11 is 0. The molecule has 29 heavy (non-hydrogen) atoms. The lowest BCUT2D eigenvalue weighted by molar-refractivity contribution is 0.0226. The Hall–Kier alpha value is -3.52. The summed E-state index contributed by atoms with van der Waals surface area (Å²) < 4.78 is 10.6. The number of amides is 1. The van der Waals surface area contributed by atoms with E-state index >= 15 is 0 Å². The zero-order valence-corrected chi connectivity index (χ0v) is 16.5. The highest BCUT2D eigenvalue weighted by Crippen LogP contribution is 2.20. The molecular weight excluding hydrogens is 372 g/mol. The summed E-state index contributed by atoms with van der Waals surface area (Å²) in [5.41, 5.74) is 5.54. The Bertz CT molecular complexity index is 977. The molecule has 8 heteroatoms. The quantitative estimate of drug-likeness (QED) is 0.587. The van der Waals surface area contributed by atoms with Gasteiger partial charge in [-0.3, -0.25) is 19.6 Å². The molecule has 0 saturated heterocycles. The van der Waals surface area contributed by atoms with Crippen molar-refractivity contribution in [1.29, 1.82) is 0 Å². The van der Waals surface area contributed by atoms with Crippen molar-refractivity contribution in [3.05, 3.63) is 65.9 Å². The number of benzene rings is 1. The predicted octanol–water partition coefficient (Wildman–Crippen LogP) is 3.12. The standard InChI is InChI=1S/C21H22N4O4/c1-4-28-17-7-5-15(6-8-17)19-11-22-12-20(24-19)21(26)25-29-13-16-9-18(27-3)10-23-14(16)2/h5-12H,4,13H2,1-3H3,(H,25,26). The van der Waals surface area contributed by atoms with Crippen LogP contribution in [0.25, 0.3) is 11.3 Å². The molecule has 0 saturated carbocycles. The zero-order valence-electron chi connectivity index (χ0n) is 16.5. The van der Waals surface area contributed by atoms with Gasteiger partial charge >= 0.3 is 0 Å². The summed E-state index contributed by atoms with van der Waals surface area (Å²) in [5.74, 6) is 0.905. The summed E-state index contributed by atoms with van der Waals surface area (Å²) in [4.78, 5) is 30.4. The molecule has 150 valence electrons. The van der Waals surface area contributed by atoms with Gasteiger partial charge in [0.1, 0.15) is 23.8 Å². The van der Waals surface area contributed by atoms with Gasteiger partial charge in [0, 0.05) is 16.8 Å². The first-order chi connectivity index (χ1) is 14.1. The minimum atomic E-state index is -0.487. The van der Waals surface area contributed by atoms with Gasteiger partial charge < -0.3 is 9.47 Å². The molecule has 1 N–H and O–H groups in total. The average Bonchev–Trinajstić information content (AvgIpc) is 2.76. The number of aromatic nitrogens is 3. The number of aryl methyl sites for hydroxylation is 1. The van der Waals surface area contributed by atoms with Crippen LogP contribution in [0.2, 0.25) is 0 Å². The van der Waals surface area contributed by atoms with Crippen molar-refractivity contribution in [3.63, 3.8) is 0 Å². The van der Waals surface area contributed by atoms with E-state index in [-0.39, 0.29) is 12.3 Å². The fraction of sp³-hybridized carbons (Fsp3) is 0.238. The summed E-state index contributed by atoms with van der Waals surface area (Å²) in [6.07, 6.45) is 4.60. The van der Waals surface area contributed by atoms with E-state index in [0.717, 1.165) is 22.6 Å². The van der Waals surface area contributed by atoms with Crippen LogP contribution in [0.15, 0.2) is 48.9 Å². The van der Waals surface area contributed by atoms with Gasteiger partial charge in [0.05, 0.1) is 38.0 Å². The number of carbonyl (C=O) groups excluding carboxylic acids is 1. The lowest BCUT2D eigenvalue weighted by Gasteiger charge is -2.09. The Labute approximate surface area is 168 Å². The first kappa shape index (κ1) is 20.2. The molecule has 0 unspecified atom stereocenters. The van der Waals surface area contributed by atoms with E-state index in [4.69, 9.17) is 14.3 Å². The number of nitrogens with zero attached hydrogens (tertiary/aromatic N) is 3. The molecule has 0 radical (unpaired) electrons. The molecule has 3 aromatic rings. The Kier molecular flexibility index (Phi) is 6.70. The highest BCUT2D eigenvalue weighted by Gasteiger charge is 2.11. The first-order valence-corrected chi connectivity index (χ1v) is 9.07. The highest BCUT2D eigenvalue weighted by atomic mass is 16.6. The summed E-state index contributed by atoms with van der Waals surface area (Å²) in [6.45, 7) is 4.52. The second-order valence-electron chi connectivity index (χ2n) is 6.09. The van der Waals surface area contributed by atoms with E-state index in [2.05, 4.69) is 20.4 Å². The smallest absolute Gasteiger partial charge is 0.295 e. The number of carbonyl (C=O) groups is 1. The molecule has 0 aliphatic rings. The van der Waals surface area contributed by atoms with Gasteiger partial charge in [0.25, 0.3) is 5.91 Å². The molecule has 2 aromatic heterocycles. The number of ether oxygens (including phenoxy) is 2. The van der Waals surface area contributed by atoms with Crippen molar-refractivity contribution in [3.8, 4) is 22.8 Å². The number of rotatable bonds is 8. The lowest BCUT2D eigenvalue weighted by atomic mass is 10.1. The van der Waals surface area contributed by atoms with Gasteiger partial charge in [-0.15, -0.1) is 0 Å². The summed E-state index contributed by atoms with van der Waals surface area (Å²) in [7, 11) is 1.56. The number of pyridine rings is 1. The Morgan fingerprint density at radius 2 is 1.90 bits per heavy atom. The second kappa shape index (κ2) is 9.61. The molecule has 0 aliphatic carbocycles. The molecule has 0 aliphatic heterocycles. The Morgan fingerprint density at radius 1 is 1.10 bits per heavy atom. The van der Waals surface area contributed by atoms with E-state index in [1.807, 2.05) is 38.1 Å². The second-order valence-corrected chi connectivity index (χ2v) is 6.09. The first-order valence-electron chi connectivity index (χ1n) is 9.07. The third-order valence-corrected chi connectivity index (χ3v) is 4.12. The topological polar surface area (TPSA) is 95.5 Å². The number of hydrogen-bond acceptors (Lipinski definition) is 7. The van der Waals surface area contributed by atoms with Crippen molar-refractivity contribution in [1.82, 2.24) is 20.4 Å². The number of hydrogen-bond donors (Lipinski definition) is 1. The molecule has 1 amide bonds. The van der Waals surface area contributed by atoms with Crippen LogP contribution >= 0.6 is 0 Å². The Morgan fingerprint density at radius 3 is 2.62 bits per heavy atom. The number of methoxy groups -OCH3 is 1. The monoisotopic (exact) mass is 394 g/mol. The van der Waals surface area contributed by atoms with Crippen LogP contribution in [0.3, 0.4) is 0 Å². The van der Waals surface area contributed by atoms with E-state index in [9.17, 15) is 4.79 Å².